The molecule has 0 radical (unpaired) electrons. The van der Waals surface area contributed by atoms with Gasteiger partial charge in [0.25, 0.3) is 0 Å². The van der Waals surface area contributed by atoms with Gasteiger partial charge in [0.05, 0.1) is 6.04 Å². The van der Waals surface area contributed by atoms with E-state index in [9.17, 15) is 9.59 Å². The Bertz CT molecular complexity index is 877. The van der Waals surface area contributed by atoms with Crippen LogP contribution < -0.4 is 11.1 Å². The fraction of sp³-hybridized carbons (Fsp3) is 0.400. The summed E-state index contributed by atoms with van der Waals surface area (Å²) in [4.78, 5) is 25.1. The van der Waals surface area contributed by atoms with Crippen LogP contribution in [0.2, 0.25) is 0 Å². The van der Waals surface area contributed by atoms with E-state index in [1.807, 2.05) is 18.2 Å². The van der Waals surface area contributed by atoms with Crippen LogP contribution in [0.25, 0.3) is 0 Å². The third-order valence-electron chi connectivity index (χ3n) is 6.05. The molecule has 1 fully saturated rings. The van der Waals surface area contributed by atoms with Gasteiger partial charge in [-0.25, -0.2) is 0 Å². The zero-order valence-electron chi connectivity index (χ0n) is 17.6. The lowest BCUT2D eigenvalue weighted by molar-refractivity contribution is -0.129. The molecule has 0 heterocycles. The van der Waals surface area contributed by atoms with Gasteiger partial charge in [0.1, 0.15) is 5.84 Å². The molecule has 5 nitrogen and oxygen atoms in total. The molecule has 1 aliphatic rings. The second-order valence-electron chi connectivity index (χ2n) is 8.37. The lowest BCUT2D eigenvalue weighted by atomic mass is 9.96. The third kappa shape index (κ3) is 6.02. The number of ketones is 1. The van der Waals surface area contributed by atoms with E-state index in [-0.39, 0.29) is 23.4 Å². The van der Waals surface area contributed by atoms with Crippen molar-refractivity contribution in [2.24, 2.45) is 17.6 Å². The quantitative estimate of drug-likeness (QED) is 0.439. The summed E-state index contributed by atoms with van der Waals surface area (Å²) in [5, 5.41) is 10.4. The third-order valence-corrected chi connectivity index (χ3v) is 6.05. The number of hydrogen-bond acceptors (Lipinski definition) is 3. The summed E-state index contributed by atoms with van der Waals surface area (Å²) in [6, 6.07) is 17.3. The van der Waals surface area contributed by atoms with E-state index in [1.54, 1.807) is 19.1 Å². The molecule has 30 heavy (non-hydrogen) atoms. The predicted molar refractivity (Wildman–Crippen MR) is 119 cm³/mol. The highest BCUT2D eigenvalue weighted by Gasteiger charge is 2.31. The second kappa shape index (κ2) is 10.2. The Kier molecular flexibility index (Phi) is 7.39. The summed E-state index contributed by atoms with van der Waals surface area (Å²) in [6.45, 7) is 1.77. The molecule has 0 unspecified atom stereocenters. The van der Waals surface area contributed by atoms with Crippen molar-refractivity contribution >= 4 is 17.5 Å². The molecule has 0 bridgehead atoms. The van der Waals surface area contributed by atoms with Crippen LogP contribution in [-0.2, 0) is 22.4 Å². The van der Waals surface area contributed by atoms with Gasteiger partial charge < -0.3 is 11.1 Å². The van der Waals surface area contributed by atoms with Gasteiger partial charge in [-0.2, -0.15) is 0 Å². The number of hydrogen-bond donors (Lipinski definition) is 3. The SMILES string of the molecule is C[C@H](NC(=O)[C@@H]1CC[C@@H](Cc2ccccc2)C1)C(=O)CCc1ccc(C(=N)N)cc1. The highest BCUT2D eigenvalue weighted by Crippen LogP contribution is 2.33. The van der Waals surface area contributed by atoms with Crippen molar-refractivity contribution in [2.45, 2.75) is 51.5 Å². The summed E-state index contributed by atoms with van der Waals surface area (Å²) >= 11 is 0. The molecule has 158 valence electrons. The first-order valence-corrected chi connectivity index (χ1v) is 10.7. The number of carbonyl (C=O) groups excluding carboxylic acids is 2. The van der Waals surface area contributed by atoms with E-state index in [2.05, 4.69) is 29.6 Å². The number of amides is 1. The molecular weight excluding hydrogens is 374 g/mol. The molecule has 0 spiro atoms. The number of carbonyl (C=O) groups is 2. The minimum Gasteiger partial charge on any atom is -0.384 e. The summed E-state index contributed by atoms with van der Waals surface area (Å²) in [7, 11) is 0. The van der Waals surface area contributed by atoms with Crippen LogP contribution in [0.15, 0.2) is 54.6 Å². The molecule has 3 atom stereocenters. The Hall–Kier alpha value is -2.95. The Balaban J connectivity index is 1.42. The van der Waals surface area contributed by atoms with Crippen molar-refractivity contribution in [1.29, 1.82) is 5.41 Å². The molecule has 1 saturated carbocycles. The van der Waals surface area contributed by atoms with Gasteiger partial charge in [0, 0.05) is 17.9 Å². The molecular formula is C25H31N3O2. The first kappa shape index (κ1) is 21.8. The molecule has 1 aliphatic carbocycles. The topological polar surface area (TPSA) is 96.0 Å². The van der Waals surface area contributed by atoms with E-state index in [0.717, 1.165) is 31.2 Å². The number of nitrogens with two attached hydrogens (primary N) is 1. The molecule has 0 saturated heterocycles. The highest BCUT2D eigenvalue weighted by molar-refractivity contribution is 5.95. The van der Waals surface area contributed by atoms with Crippen molar-refractivity contribution in [2.75, 3.05) is 0 Å². The lowest BCUT2D eigenvalue weighted by Crippen LogP contribution is -2.41. The fourth-order valence-corrected chi connectivity index (χ4v) is 4.19. The van der Waals surface area contributed by atoms with E-state index in [0.29, 0.717) is 24.3 Å². The largest absolute Gasteiger partial charge is 0.384 e. The van der Waals surface area contributed by atoms with Gasteiger partial charge in [0.2, 0.25) is 5.91 Å². The van der Waals surface area contributed by atoms with Gasteiger partial charge in [-0.15, -0.1) is 0 Å². The van der Waals surface area contributed by atoms with Crippen LogP contribution >= 0.6 is 0 Å². The fourth-order valence-electron chi connectivity index (χ4n) is 4.19. The Morgan fingerprint density at radius 3 is 2.43 bits per heavy atom. The number of rotatable bonds is 9. The van der Waals surface area contributed by atoms with Crippen molar-refractivity contribution < 1.29 is 9.59 Å². The Morgan fingerprint density at radius 2 is 1.77 bits per heavy atom. The average Bonchev–Trinajstić information content (AvgIpc) is 3.21. The molecule has 1 amide bonds. The normalized spacial score (nSPS) is 19.2. The minimum absolute atomic E-state index is 0.00749. The van der Waals surface area contributed by atoms with Crippen LogP contribution in [-0.4, -0.2) is 23.6 Å². The predicted octanol–water partition coefficient (Wildman–Crippen LogP) is 3.64. The summed E-state index contributed by atoms with van der Waals surface area (Å²) in [5.74, 6) is 0.627. The zero-order valence-corrected chi connectivity index (χ0v) is 17.6. The van der Waals surface area contributed by atoms with Crippen LogP contribution in [0.3, 0.4) is 0 Å². The number of nitrogens with one attached hydrogen (secondary N) is 2. The maximum atomic E-state index is 12.6. The monoisotopic (exact) mass is 405 g/mol. The summed E-state index contributed by atoms with van der Waals surface area (Å²) in [6.07, 6.45) is 4.85. The van der Waals surface area contributed by atoms with Gasteiger partial charge in [-0.1, -0.05) is 54.6 Å². The number of amidine groups is 1. The number of aryl methyl sites for hydroxylation is 1. The Morgan fingerprint density at radius 1 is 1.07 bits per heavy atom. The van der Waals surface area contributed by atoms with Crippen LogP contribution in [0.4, 0.5) is 0 Å². The molecule has 0 aliphatic heterocycles. The summed E-state index contributed by atoms with van der Waals surface area (Å²) < 4.78 is 0. The lowest BCUT2D eigenvalue weighted by Gasteiger charge is -2.17. The molecule has 5 heteroatoms. The van der Waals surface area contributed by atoms with Gasteiger partial charge in [0.15, 0.2) is 5.78 Å². The van der Waals surface area contributed by atoms with Gasteiger partial charge in [-0.05, 0) is 56.1 Å². The molecule has 0 aromatic heterocycles. The Labute approximate surface area is 178 Å². The van der Waals surface area contributed by atoms with Crippen LogP contribution in [0.5, 0.6) is 0 Å². The minimum atomic E-state index is -0.470. The van der Waals surface area contributed by atoms with Crippen molar-refractivity contribution in [3.63, 3.8) is 0 Å². The molecule has 2 aromatic carbocycles. The van der Waals surface area contributed by atoms with Crippen molar-refractivity contribution in [3.05, 3.63) is 71.3 Å². The first-order valence-electron chi connectivity index (χ1n) is 10.7. The molecule has 3 rings (SSSR count). The number of nitrogen functional groups attached to an aromatic ring is 1. The van der Waals surface area contributed by atoms with E-state index in [1.165, 1.54) is 5.56 Å². The maximum absolute atomic E-state index is 12.6. The zero-order chi connectivity index (χ0) is 21.5. The van der Waals surface area contributed by atoms with Crippen molar-refractivity contribution in [1.82, 2.24) is 5.32 Å². The van der Waals surface area contributed by atoms with Crippen molar-refractivity contribution in [3.8, 4) is 0 Å². The van der Waals surface area contributed by atoms with Crippen LogP contribution in [0.1, 0.15) is 49.3 Å². The van der Waals surface area contributed by atoms with E-state index < -0.39 is 6.04 Å². The van der Waals surface area contributed by atoms with Crippen LogP contribution in [0, 0.1) is 17.2 Å². The second-order valence-corrected chi connectivity index (χ2v) is 8.37. The highest BCUT2D eigenvalue weighted by atomic mass is 16.2. The number of benzene rings is 2. The standard InChI is InChI=1S/C25H31N3O2/c1-17(23(29)14-10-18-7-11-21(12-8-18)24(26)27)28-25(30)22-13-9-20(16-22)15-19-5-3-2-4-6-19/h2-8,11-12,17,20,22H,9-10,13-16H2,1H3,(H3,26,27)(H,28,30)/t17-,20-,22+/m0/s1. The molecule has 4 N–H and O–H groups in total. The maximum Gasteiger partial charge on any atom is 0.223 e. The number of Topliss-reactive ketones (excluding diaryl/α,β-unsaturated/α-hetero) is 1. The smallest absolute Gasteiger partial charge is 0.223 e. The molecule has 2 aromatic rings. The average molecular weight is 406 g/mol. The first-order chi connectivity index (χ1) is 14.4. The summed E-state index contributed by atoms with van der Waals surface area (Å²) in [5.41, 5.74) is 8.48. The van der Waals surface area contributed by atoms with Gasteiger partial charge in [-0.3, -0.25) is 15.0 Å². The van der Waals surface area contributed by atoms with Gasteiger partial charge >= 0.3 is 0 Å². The van der Waals surface area contributed by atoms with E-state index >= 15 is 0 Å². The van der Waals surface area contributed by atoms with E-state index in [4.69, 9.17) is 11.1 Å².